The summed E-state index contributed by atoms with van der Waals surface area (Å²) in [5, 5.41) is 16.2. The third-order valence-electron chi connectivity index (χ3n) is 6.36. The maximum Gasteiger partial charge on any atom is 0.345 e. The maximum atomic E-state index is 13.0. The molecule has 0 atom stereocenters. The van der Waals surface area contributed by atoms with Crippen molar-refractivity contribution in [3.8, 4) is 0 Å². The number of piperidine rings is 1. The quantitative estimate of drug-likeness (QED) is 0.583. The van der Waals surface area contributed by atoms with Crippen molar-refractivity contribution in [3.63, 3.8) is 0 Å². The molecule has 1 aliphatic carbocycles. The number of H-pyrrole nitrogens is 1. The molecule has 9 nitrogen and oxygen atoms in total. The summed E-state index contributed by atoms with van der Waals surface area (Å²) in [7, 11) is 0. The Hall–Kier alpha value is -2.98. The average Bonchev–Trinajstić information content (AvgIpc) is 3.41. The van der Waals surface area contributed by atoms with Crippen LogP contribution in [0, 0.1) is 0 Å². The number of pyridine rings is 1. The van der Waals surface area contributed by atoms with Crippen LogP contribution in [0.1, 0.15) is 61.0 Å². The lowest BCUT2D eigenvalue weighted by atomic mass is 9.85. The largest absolute Gasteiger partial charge is 0.483 e. The van der Waals surface area contributed by atoms with Gasteiger partial charge in [-0.1, -0.05) is 0 Å². The van der Waals surface area contributed by atoms with Crippen LogP contribution in [0.4, 0.5) is 0 Å². The third kappa shape index (κ3) is 3.95. The number of thiophene rings is 1. The number of carboxylic acid groups (broad SMARTS) is 2. The molecular weight excluding hydrogens is 436 g/mol. The van der Waals surface area contributed by atoms with Gasteiger partial charge in [0.2, 0.25) is 0 Å². The first-order chi connectivity index (χ1) is 15.4. The zero-order valence-corrected chi connectivity index (χ0v) is 18.2. The van der Waals surface area contributed by atoms with E-state index in [2.05, 4.69) is 4.98 Å². The maximum absolute atomic E-state index is 13.0. The highest BCUT2D eigenvalue weighted by Crippen LogP contribution is 2.45. The summed E-state index contributed by atoms with van der Waals surface area (Å²) in [6, 6.07) is 3.52. The Morgan fingerprint density at radius 3 is 2.56 bits per heavy atom. The van der Waals surface area contributed by atoms with E-state index < -0.39 is 11.6 Å². The number of hydrogen-bond donors (Lipinski definition) is 3. The minimum Gasteiger partial charge on any atom is -0.483 e. The molecule has 1 saturated heterocycles. The standard InChI is InChI=1S/C21H22N2O5S.CH2O2/c24-18-14(10-12-2-1-3-15(12)22-18)19(25)23-7-5-21(6-8-23)17-13(4-9-28-21)11-16(29-17)20(26)27;2-1-3/h10-11H,1-9H2,(H,22,24)(H,26,27);1H,(H,2,3). The molecule has 0 radical (unpaired) electrons. The lowest BCUT2D eigenvalue weighted by Crippen LogP contribution is -2.48. The predicted molar refractivity (Wildman–Crippen MR) is 116 cm³/mol. The van der Waals surface area contributed by atoms with Crippen molar-refractivity contribution in [2.24, 2.45) is 0 Å². The van der Waals surface area contributed by atoms with Crippen LogP contribution >= 0.6 is 11.3 Å². The van der Waals surface area contributed by atoms with Gasteiger partial charge < -0.3 is 24.8 Å². The Balaban J connectivity index is 0.000000775. The number of likely N-dealkylation sites (tertiary alicyclic amines) is 1. The molecule has 170 valence electrons. The SMILES string of the molecule is O=C(O)c1cc2c(s1)C1(CCN(C(=O)c3cc4c([nH]c3=O)CCC4)CC1)OCC2.O=CO. The summed E-state index contributed by atoms with van der Waals surface area (Å²) in [6.45, 7) is 1.27. The van der Waals surface area contributed by atoms with Crippen LogP contribution in [-0.2, 0) is 34.4 Å². The number of rotatable bonds is 2. The molecule has 0 saturated carbocycles. The molecule has 2 aliphatic heterocycles. The molecule has 2 aromatic heterocycles. The number of aryl methyl sites for hydroxylation is 2. The smallest absolute Gasteiger partial charge is 0.345 e. The zero-order chi connectivity index (χ0) is 22.9. The molecule has 1 amide bonds. The first-order valence-electron chi connectivity index (χ1n) is 10.5. The molecule has 32 heavy (non-hydrogen) atoms. The molecule has 0 bridgehead atoms. The highest BCUT2D eigenvalue weighted by molar-refractivity contribution is 7.14. The molecule has 2 aromatic rings. The van der Waals surface area contributed by atoms with Crippen LogP contribution in [0.2, 0.25) is 0 Å². The lowest BCUT2D eigenvalue weighted by Gasteiger charge is -2.43. The van der Waals surface area contributed by atoms with Gasteiger partial charge in [-0.05, 0) is 61.8 Å². The highest BCUT2D eigenvalue weighted by Gasteiger charge is 2.43. The van der Waals surface area contributed by atoms with Crippen molar-refractivity contribution in [1.82, 2.24) is 9.88 Å². The predicted octanol–water partition coefficient (Wildman–Crippen LogP) is 2.03. The molecular formula is C22H24N2O7S. The summed E-state index contributed by atoms with van der Waals surface area (Å²) in [5.41, 5.74) is 2.47. The summed E-state index contributed by atoms with van der Waals surface area (Å²) >= 11 is 1.29. The van der Waals surface area contributed by atoms with Crippen molar-refractivity contribution < 1.29 is 29.3 Å². The van der Waals surface area contributed by atoms with Crippen molar-refractivity contribution in [2.45, 2.75) is 44.1 Å². The van der Waals surface area contributed by atoms with E-state index in [1.54, 1.807) is 17.0 Å². The summed E-state index contributed by atoms with van der Waals surface area (Å²) < 4.78 is 6.16. The van der Waals surface area contributed by atoms with Crippen LogP contribution in [0.5, 0.6) is 0 Å². The van der Waals surface area contributed by atoms with Gasteiger partial charge in [0.25, 0.3) is 17.9 Å². The molecule has 10 heteroatoms. The molecule has 1 fully saturated rings. The van der Waals surface area contributed by atoms with Gasteiger partial charge in [0.05, 0.1) is 6.61 Å². The van der Waals surface area contributed by atoms with Gasteiger partial charge >= 0.3 is 5.97 Å². The second-order valence-corrected chi connectivity index (χ2v) is 9.18. The molecule has 3 aliphatic rings. The zero-order valence-electron chi connectivity index (χ0n) is 17.4. The van der Waals surface area contributed by atoms with Crippen LogP contribution in [0.3, 0.4) is 0 Å². The average molecular weight is 461 g/mol. The van der Waals surface area contributed by atoms with Gasteiger partial charge in [0, 0.05) is 23.7 Å². The Morgan fingerprint density at radius 1 is 1.16 bits per heavy atom. The molecule has 5 rings (SSSR count). The summed E-state index contributed by atoms with van der Waals surface area (Å²) in [4.78, 5) is 51.1. The fourth-order valence-electron chi connectivity index (χ4n) is 4.81. The van der Waals surface area contributed by atoms with Crippen molar-refractivity contribution in [2.75, 3.05) is 19.7 Å². The second-order valence-electron chi connectivity index (χ2n) is 8.13. The van der Waals surface area contributed by atoms with E-state index in [4.69, 9.17) is 14.6 Å². The van der Waals surface area contributed by atoms with E-state index in [9.17, 15) is 19.5 Å². The summed E-state index contributed by atoms with van der Waals surface area (Å²) in [6.07, 6.45) is 4.70. The fourth-order valence-corrected chi connectivity index (χ4v) is 6.06. The van der Waals surface area contributed by atoms with E-state index in [1.165, 1.54) is 11.3 Å². The number of carbonyl (C=O) groups excluding carboxylic acids is 1. The molecule has 0 aromatic carbocycles. The van der Waals surface area contributed by atoms with Gasteiger partial charge in [-0.3, -0.25) is 14.4 Å². The van der Waals surface area contributed by atoms with Crippen LogP contribution in [0.15, 0.2) is 16.9 Å². The topological polar surface area (TPSA) is 137 Å². The van der Waals surface area contributed by atoms with Gasteiger partial charge in [-0.15, -0.1) is 11.3 Å². The third-order valence-corrected chi connectivity index (χ3v) is 7.71. The van der Waals surface area contributed by atoms with E-state index >= 15 is 0 Å². The minimum atomic E-state index is -0.914. The van der Waals surface area contributed by atoms with Crippen LogP contribution < -0.4 is 5.56 Å². The van der Waals surface area contributed by atoms with Gasteiger partial charge in [-0.25, -0.2) is 4.79 Å². The van der Waals surface area contributed by atoms with Gasteiger partial charge in [-0.2, -0.15) is 0 Å². The van der Waals surface area contributed by atoms with Crippen molar-refractivity contribution in [3.05, 3.63) is 54.6 Å². The number of ether oxygens (including phenoxy) is 1. The van der Waals surface area contributed by atoms with Crippen molar-refractivity contribution >= 4 is 29.7 Å². The number of aromatic amines is 1. The minimum absolute atomic E-state index is 0.219. The number of aromatic nitrogens is 1. The number of carbonyl (C=O) groups is 3. The molecule has 4 heterocycles. The second kappa shape index (κ2) is 8.87. The fraction of sp³-hybridized carbons (Fsp3) is 0.455. The van der Waals surface area contributed by atoms with Crippen molar-refractivity contribution in [1.29, 1.82) is 0 Å². The number of hydrogen-bond acceptors (Lipinski definition) is 6. The first-order valence-corrected chi connectivity index (χ1v) is 11.3. The normalized spacial score (nSPS) is 18.3. The van der Waals surface area contributed by atoms with E-state index in [1.807, 2.05) is 0 Å². The lowest BCUT2D eigenvalue weighted by molar-refractivity contribution is -0.122. The van der Waals surface area contributed by atoms with E-state index in [-0.39, 0.29) is 23.5 Å². The first kappa shape index (κ1) is 22.2. The van der Waals surface area contributed by atoms with E-state index in [0.29, 0.717) is 43.8 Å². The van der Waals surface area contributed by atoms with Gasteiger partial charge in [0.15, 0.2) is 0 Å². The van der Waals surface area contributed by atoms with Crippen LogP contribution in [0.25, 0.3) is 0 Å². The monoisotopic (exact) mass is 460 g/mol. The molecule has 1 spiro atoms. The Kier molecular flexibility index (Phi) is 6.16. The number of carboxylic acids is 1. The molecule has 0 unspecified atom stereocenters. The van der Waals surface area contributed by atoms with E-state index in [0.717, 1.165) is 41.0 Å². The number of nitrogens with zero attached hydrogens (tertiary/aromatic N) is 1. The van der Waals surface area contributed by atoms with Crippen LogP contribution in [-0.4, -0.2) is 58.1 Å². The Labute approximate surface area is 187 Å². The Morgan fingerprint density at radius 2 is 1.88 bits per heavy atom. The van der Waals surface area contributed by atoms with Gasteiger partial charge in [0.1, 0.15) is 16.0 Å². The highest BCUT2D eigenvalue weighted by atomic mass is 32.1. The number of aromatic carboxylic acids is 1. The number of amides is 1. The number of fused-ring (bicyclic) bond motifs is 3. The Bertz CT molecular complexity index is 1110. The number of nitrogens with one attached hydrogen (secondary N) is 1. The molecule has 3 N–H and O–H groups in total. The summed E-state index contributed by atoms with van der Waals surface area (Å²) in [5.74, 6) is -1.15.